The van der Waals surface area contributed by atoms with E-state index >= 15 is 0 Å². The van der Waals surface area contributed by atoms with E-state index in [-0.39, 0.29) is 11.5 Å². The number of fused-ring (bicyclic) bond motifs is 1. The molecule has 1 fully saturated rings. The average molecular weight is 426 g/mol. The molecule has 1 aromatic carbocycles. The van der Waals surface area contributed by atoms with Crippen molar-refractivity contribution in [1.82, 2.24) is 14.7 Å². The van der Waals surface area contributed by atoms with Crippen LogP contribution in [-0.2, 0) is 4.79 Å². The lowest BCUT2D eigenvalue weighted by molar-refractivity contribution is -0.110. The number of benzene rings is 1. The number of piperidine rings is 1. The second-order valence-electron chi connectivity index (χ2n) is 8.39. The summed E-state index contributed by atoms with van der Waals surface area (Å²) in [6, 6.07) is 3.76. The Morgan fingerprint density at radius 3 is 2.71 bits per heavy atom. The first kappa shape index (κ1) is 21.2. The fourth-order valence-corrected chi connectivity index (χ4v) is 4.36. The van der Waals surface area contributed by atoms with Crippen LogP contribution < -0.4 is 10.6 Å². The normalized spacial score (nSPS) is 18.8. The molecular formula is C23H28FN5O2. The standard InChI is InChI=1S/C23H28FN5O2/c1-4-19(21-18-11-15(22(24)30)5-6-20(18)27-23(21)31)26-16-12-25-29(13-16)17-7-9-28(10-8-17)14(2)3/h5-6,11-14,17,26H,4,7-10H2,1-3H3,(H,27,31). The van der Waals surface area contributed by atoms with Gasteiger partial charge in [0.05, 0.1) is 29.1 Å². The molecule has 4 rings (SSSR count). The van der Waals surface area contributed by atoms with Gasteiger partial charge in [-0.25, -0.2) is 0 Å². The van der Waals surface area contributed by atoms with Crippen molar-refractivity contribution in [3.8, 4) is 0 Å². The molecule has 0 radical (unpaired) electrons. The van der Waals surface area contributed by atoms with Crippen LogP contribution >= 0.6 is 0 Å². The van der Waals surface area contributed by atoms with Crippen molar-refractivity contribution in [2.75, 3.05) is 23.7 Å². The maximum atomic E-state index is 13.2. The Morgan fingerprint density at radius 1 is 1.32 bits per heavy atom. The van der Waals surface area contributed by atoms with Gasteiger partial charge in [0.25, 0.3) is 5.91 Å². The smallest absolute Gasteiger partial charge is 0.332 e. The summed E-state index contributed by atoms with van der Waals surface area (Å²) in [6.45, 7) is 8.50. The maximum Gasteiger partial charge on any atom is 0.332 e. The number of likely N-dealkylation sites (tertiary alicyclic amines) is 1. The van der Waals surface area contributed by atoms with Crippen molar-refractivity contribution in [1.29, 1.82) is 0 Å². The lowest BCUT2D eigenvalue weighted by Crippen LogP contribution is -2.39. The van der Waals surface area contributed by atoms with E-state index in [1.165, 1.54) is 12.1 Å². The summed E-state index contributed by atoms with van der Waals surface area (Å²) < 4.78 is 15.2. The van der Waals surface area contributed by atoms with Gasteiger partial charge in [0.15, 0.2) is 0 Å². The summed E-state index contributed by atoms with van der Waals surface area (Å²) in [6.07, 6.45) is 6.41. The van der Waals surface area contributed by atoms with Crippen LogP contribution in [0.1, 0.15) is 62.0 Å². The molecule has 2 aromatic rings. The van der Waals surface area contributed by atoms with E-state index in [9.17, 15) is 14.0 Å². The van der Waals surface area contributed by atoms with Crippen molar-refractivity contribution in [2.45, 2.75) is 52.1 Å². The molecule has 0 saturated carbocycles. The molecule has 2 aliphatic heterocycles. The fourth-order valence-electron chi connectivity index (χ4n) is 4.36. The Morgan fingerprint density at radius 2 is 2.06 bits per heavy atom. The third-order valence-electron chi connectivity index (χ3n) is 6.15. The van der Waals surface area contributed by atoms with Crippen LogP contribution in [-0.4, -0.2) is 45.8 Å². The highest BCUT2D eigenvalue weighted by Crippen LogP contribution is 2.36. The SMILES string of the molecule is CCC(Nc1cnn(C2CCN(C(C)C)CC2)c1)=C1C(=O)Nc2ccc(C(=O)F)cc21. The van der Waals surface area contributed by atoms with Gasteiger partial charge in [-0.2, -0.15) is 9.49 Å². The van der Waals surface area contributed by atoms with E-state index in [0.29, 0.717) is 41.0 Å². The van der Waals surface area contributed by atoms with Crippen LogP contribution in [0.15, 0.2) is 36.3 Å². The molecule has 8 heteroatoms. The maximum absolute atomic E-state index is 13.2. The number of rotatable bonds is 6. The molecule has 1 saturated heterocycles. The molecule has 0 atom stereocenters. The van der Waals surface area contributed by atoms with Crippen molar-refractivity contribution in [2.24, 2.45) is 0 Å². The first-order valence-electron chi connectivity index (χ1n) is 10.8. The number of carbonyl (C=O) groups is 2. The Bertz CT molecular complexity index is 1030. The van der Waals surface area contributed by atoms with Crippen LogP contribution in [0, 0.1) is 0 Å². The third-order valence-corrected chi connectivity index (χ3v) is 6.15. The highest BCUT2D eigenvalue weighted by atomic mass is 19.1. The molecular weight excluding hydrogens is 397 g/mol. The Balaban J connectivity index is 1.56. The second kappa shape index (κ2) is 8.63. The molecule has 2 aliphatic rings. The minimum absolute atomic E-state index is 0.0660. The van der Waals surface area contributed by atoms with Crippen LogP contribution in [0.25, 0.3) is 5.57 Å². The Labute approximate surface area is 181 Å². The van der Waals surface area contributed by atoms with E-state index in [4.69, 9.17) is 0 Å². The van der Waals surface area contributed by atoms with Crippen LogP contribution in [0.4, 0.5) is 15.8 Å². The first-order valence-corrected chi connectivity index (χ1v) is 10.8. The molecule has 0 bridgehead atoms. The topological polar surface area (TPSA) is 79.3 Å². The molecule has 31 heavy (non-hydrogen) atoms. The predicted molar refractivity (Wildman–Crippen MR) is 119 cm³/mol. The van der Waals surface area contributed by atoms with E-state index in [0.717, 1.165) is 31.6 Å². The third kappa shape index (κ3) is 4.25. The number of aromatic nitrogens is 2. The lowest BCUT2D eigenvalue weighted by atomic mass is 10.0. The fraction of sp³-hybridized carbons (Fsp3) is 0.435. The van der Waals surface area contributed by atoms with E-state index in [1.807, 2.05) is 17.8 Å². The Kier molecular flexibility index (Phi) is 5.91. The summed E-state index contributed by atoms with van der Waals surface area (Å²) in [5, 5.41) is 10.7. The zero-order valence-electron chi connectivity index (χ0n) is 18.1. The molecule has 1 aromatic heterocycles. The van der Waals surface area contributed by atoms with E-state index in [1.54, 1.807) is 12.3 Å². The Hall–Kier alpha value is -3.00. The average Bonchev–Trinajstić information content (AvgIpc) is 3.35. The number of nitrogens with one attached hydrogen (secondary N) is 2. The van der Waals surface area contributed by atoms with Gasteiger partial charge in [-0.1, -0.05) is 6.92 Å². The highest BCUT2D eigenvalue weighted by molar-refractivity contribution is 6.32. The number of carbonyl (C=O) groups excluding carboxylic acids is 2. The molecule has 0 spiro atoms. The zero-order valence-corrected chi connectivity index (χ0v) is 18.1. The quantitative estimate of drug-likeness (QED) is 0.535. The molecule has 164 valence electrons. The van der Waals surface area contributed by atoms with Crippen LogP contribution in [0.2, 0.25) is 0 Å². The number of anilines is 2. The van der Waals surface area contributed by atoms with Crippen LogP contribution in [0.3, 0.4) is 0 Å². The van der Waals surface area contributed by atoms with Gasteiger partial charge in [0, 0.05) is 42.3 Å². The van der Waals surface area contributed by atoms with Gasteiger partial charge >= 0.3 is 6.04 Å². The first-order chi connectivity index (χ1) is 14.9. The van der Waals surface area contributed by atoms with Crippen molar-refractivity contribution < 1.29 is 14.0 Å². The minimum atomic E-state index is -1.52. The number of hydrogen-bond donors (Lipinski definition) is 2. The summed E-state index contributed by atoms with van der Waals surface area (Å²) in [5.74, 6) is -0.267. The van der Waals surface area contributed by atoms with Gasteiger partial charge in [-0.15, -0.1) is 0 Å². The van der Waals surface area contributed by atoms with Crippen molar-refractivity contribution in [3.05, 3.63) is 47.4 Å². The summed E-state index contributed by atoms with van der Waals surface area (Å²) in [7, 11) is 0. The number of hydrogen-bond acceptors (Lipinski definition) is 5. The largest absolute Gasteiger partial charge is 0.356 e. The summed E-state index contributed by atoms with van der Waals surface area (Å²) in [4.78, 5) is 26.3. The molecule has 1 amide bonds. The summed E-state index contributed by atoms with van der Waals surface area (Å²) in [5.41, 5.74) is 2.97. The number of allylic oxidation sites excluding steroid dienone is 1. The van der Waals surface area contributed by atoms with Gasteiger partial charge in [-0.05, 0) is 51.3 Å². The van der Waals surface area contributed by atoms with Gasteiger partial charge in [0.2, 0.25) is 0 Å². The zero-order chi connectivity index (χ0) is 22.1. The molecule has 7 nitrogen and oxygen atoms in total. The predicted octanol–water partition coefficient (Wildman–Crippen LogP) is 4.22. The van der Waals surface area contributed by atoms with Crippen molar-refractivity contribution in [3.63, 3.8) is 0 Å². The lowest BCUT2D eigenvalue weighted by Gasteiger charge is -2.34. The van der Waals surface area contributed by atoms with Gasteiger partial charge < -0.3 is 15.5 Å². The highest BCUT2D eigenvalue weighted by Gasteiger charge is 2.28. The second-order valence-corrected chi connectivity index (χ2v) is 8.39. The molecule has 0 aliphatic carbocycles. The number of amides is 1. The van der Waals surface area contributed by atoms with Gasteiger partial charge in [-0.3, -0.25) is 14.3 Å². The molecule has 0 unspecified atom stereocenters. The van der Waals surface area contributed by atoms with E-state index in [2.05, 4.69) is 34.5 Å². The van der Waals surface area contributed by atoms with Gasteiger partial charge in [0.1, 0.15) is 0 Å². The van der Waals surface area contributed by atoms with Crippen LogP contribution in [0.5, 0.6) is 0 Å². The molecule has 3 heterocycles. The minimum Gasteiger partial charge on any atom is -0.356 e. The van der Waals surface area contributed by atoms with E-state index < -0.39 is 6.04 Å². The monoisotopic (exact) mass is 425 g/mol. The van der Waals surface area contributed by atoms with Crippen molar-refractivity contribution >= 4 is 28.9 Å². The summed E-state index contributed by atoms with van der Waals surface area (Å²) >= 11 is 0. The number of nitrogens with zero attached hydrogens (tertiary/aromatic N) is 3. The number of halogens is 1. The molecule has 2 N–H and O–H groups in total.